The minimum absolute atomic E-state index is 0.00776. The molecule has 1 aromatic heterocycles. The molecule has 3 aromatic rings. The van der Waals surface area contributed by atoms with Crippen LogP contribution in [0.4, 0.5) is 11.4 Å². The molecular formula is C26H31N3O6S. The Balaban J connectivity index is 1.10. The summed E-state index contributed by atoms with van der Waals surface area (Å²) in [6.45, 7) is 6.41. The minimum atomic E-state index is -3.29. The van der Waals surface area contributed by atoms with Crippen LogP contribution in [0.5, 0.6) is 11.5 Å². The topological polar surface area (TPSA) is 101 Å². The van der Waals surface area contributed by atoms with E-state index in [1.165, 1.54) is 0 Å². The lowest BCUT2D eigenvalue weighted by molar-refractivity contribution is 0.174. The van der Waals surface area contributed by atoms with Gasteiger partial charge in [0.05, 0.1) is 23.1 Å². The number of fused-ring (bicyclic) bond motifs is 2. The van der Waals surface area contributed by atoms with Gasteiger partial charge in [0.15, 0.2) is 16.9 Å². The second kappa shape index (κ2) is 10.4. The number of unbranched alkanes of at least 4 members (excludes halogenated alkanes) is 1. The maximum absolute atomic E-state index is 12.9. The number of hydrogen-bond donors (Lipinski definition) is 1. The highest BCUT2D eigenvalue weighted by Crippen LogP contribution is 2.35. The van der Waals surface area contributed by atoms with Gasteiger partial charge in [0.25, 0.3) is 0 Å². The van der Waals surface area contributed by atoms with Crippen molar-refractivity contribution in [3.8, 4) is 11.5 Å². The summed E-state index contributed by atoms with van der Waals surface area (Å²) in [6, 6.07) is 11.0. The average Bonchev–Trinajstić information content (AvgIpc) is 3.35. The highest BCUT2D eigenvalue weighted by atomic mass is 32.2. The van der Waals surface area contributed by atoms with Gasteiger partial charge in [0.2, 0.25) is 16.8 Å². The average molecular weight is 514 g/mol. The number of rotatable bonds is 9. The van der Waals surface area contributed by atoms with E-state index in [-0.39, 0.29) is 18.0 Å². The van der Waals surface area contributed by atoms with E-state index in [9.17, 15) is 13.2 Å². The molecule has 0 aliphatic carbocycles. The first kappa shape index (κ1) is 24.5. The summed E-state index contributed by atoms with van der Waals surface area (Å²) in [5.41, 5.74) is 2.81. The number of nitrogens with zero attached hydrogens (tertiary/aromatic N) is 2. The van der Waals surface area contributed by atoms with Crippen molar-refractivity contribution in [2.45, 2.75) is 26.2 Å². The van der Waals surface area contributed by atoms with E-state index in [2.05, 4.69) is 14.5 Å². The Morgan fingerprint density at radius 3 is 2.56 bits per heavy atom. The largest absolute Gasteiger partial charge is 0.464 e. The van der Waals surface area contributed by atoms with Crippen molar-refractivity contribution in [3.05, 3.63) is 58.4 Å². The Hall–Kier alpha value is -3.24. The predicted octanol–water partition coefficient (Wildman–Crippen LogP) is 3.43. The smallest absolute Gasteiger partial charge is 0.232 e. The van der Waals surface area contributed by atoms with Gasteiger partial charge < -0.3 is 18.8 Å². The molecule has 2 aliphatic heterocycles. The summed E-state index contributed by atoms with van der Waals surface area (Å²) >= 11 is 0. The van der Waals surface area contributed by atoms with Crippen LogP contribution in [0, 0.1) is 0 Å². The third-order valence-corrected chi connectivity index (χ3v) is 8.05. The number of aryl methyl sites for hydroxylation is 1. The minimum Gasteiger partial charge on any atom is -0.464 e. The van der Waals surface area contributed by atoms with E-state index in [1.807, 2.05) is 18.2 Å². The molecule has 0 atom stereocenters. The molecule has 0 saturated carbocycles. The number of piperazine rings is 1. The first-order valence-corrected chi connectivity index (χ1v) is 14.0. The lowest BCUT2D eigenvalue weighted by atomic mass is 10.1. The van der Waals surface area contributed by atoms with Crippen LogP contribution in [0.15, 0.2) is 51.9 Å². The van der Waals surface area contributed by atoms with Gasteiger partial charge in [-0.3, -0.25) is 14.4 Å². The van der Waals surface area contributed by atoms with E-state index < -0.39 is 10.0 Å². The maximum Gasteiger partial charge on any atom is 0.232 e. The van der Waals surface area contributed by atoms with Crippen LogP contribution >= 0.6 is 0 Å². The van der Waals surface area contributed by atoms with Crippen LogP contribution in [-0.2, 0) is 16.4 Å². The van der Waals surface area contributed by atoms with Gasteiger partial charge in [-0.1, -0.05) is 6.07 Å². The zero-order valence-electron chi connectivity index (χ0n) is 20.4. The summed E-state index contributed by atoms with van der Waals surface area (Å²) in [4.78, 5) is 17.6. The molecule has 192 valence electrons. The van der Waals surface area contributed by atoms with E-state index in [4.69, 9.17) is 13.9 Å². The molecule has 0 amide bonds. The van der Waals surface area contributed by atoms with Gasteiger partial charge in [-0.2, -0.15) is 0 Å². The molecule has 0 bridgehead atoms. The lowest BCUT2D eigenvalue weighted by Crippen LogP contribution is -2.46. The third-order valence-electron chi connectivity index (χ3n) is 6.75. The standard InChI is InChI=1S/C26H31N3O6S/c1-2-36(31,32)27-20-7-5-8-21(14-20)29-12-10-28(11-13-29)9-4-3-6-19-17-33-23-16-25-24(34-18-35-25)15-22(23)26(19)30/h5,7-8,14-17,27H,2-4,6,9-13,18H2,1H3. The van der Waals surface area contributed by atoms with Gasteiger partial charge in [0.1, 0.15) is 5.58 Å². The van der Waals surface area contributed by atoms with Crippen molar-refractivity contribution in [1.82, 2.24) is 4.90 Å². The fraction of sp³-hybridized carbons (Fsp3) is 0.423. The van der Waals surface area contributed by atoms with E-state index in [0.717, 1.165) is 51.3 Å². The highest BCUT2D eigenvalue weighted by Gasteiger charge is 2.19. The van der Waals surface area contributed by atoms with Crippen molar-refractivity contribution in [2.75, 3.05) is 54.9 Å². The third kappa shape index (κ3) is 5.44. The molecule has 0 spiro atoms. The van der Waals surface area contributed by atoms with Gasteiger partial charge in [0, 0.05) is 43.5 Å². The van der Waals surface area contributed by atoms with Crippen LogP contribution < -0.4 is 24.5 Å². The first-order valence-electron chi connectivity index (χ1n) is 12.3. The zero-order chi connectivity index (χ0) is 25.1. The zero-order valence-corrected chi connectivity index (χ0v) is 21.2. The van der Waals surface area contributed by atoms with Crippen molar-refractivity contribution >= 4 is 32.4 Å². The molecule has 1 N–H and O–H groups in total. The van der Waals surface area contributed by atoms with Gasteiger partial charge in [-0.15, -0.1) is 0 Å². The summed E-state index contributed by atoms with van der Waals surface area (Å²) in [5.74, 6) is 1.24. The Morgan fingerprint density at radius 2 is 1.78 bits per heavy atom. The summed E-state index contributed by atoms with van der Waals surface area (Å²) in [6.07, 6.45) is 4.14. The summed E-state index contributed by atoms with van der Waals surface area (Å²) in [7, 11) is -3.29. The number of benzene rings is 2. The van der Waals surface area contributed by atoms with Crippen LogP contribution in [0.1, 0.15) is 25.3 Å². The molecule has 1 fully saturated rings. The number of sulfonamides is 1. The first-order chi connectivity index (χ1) is 17.4. The second-order valence-electron chi connectivity index (χ2n) is 9.13. The number of ether oxygens (including phenoxy) is 2. The quantitative estimate of drug-likeness (QED) is 0.435. The molecule has 1 saturated heterocycles. The number of hydrogen-bond acceptors (Lipinski definition) is 8. The van der Waals surface area contributed by atoms with E-state index >= 15 is 0 Å². The van der Waals surface area contributed by atoms with Gasteiger partial charge in [-0.05, 0) is 57.0 Å². The SMILES string of the molecule is CCS(=O)(=O)Nc1cccc(N2CCN(CCCCc3coc4cc5c(cc4c3=O)OCO5)CC2)c1. The van der Waals surface area contributed by atoms with Gasteiger partial charge in [-0.25, -0.2) is 8.42 Å². The molecule has 3 heterocycles. The normalized spacial score (nSPS) is 16.0. The molecule has 5 rings (SSSR count). The Morgan fingerprint density at radius 1 is 1.00 bits per heavy atom. The maximum atomic E-state index is 12.9. The van der Waals surface area contributed by atoms with Crippen molar-refractivity contribution in [2.24, 2.45) is 0 Å². The molecule has 0 unspecified atom stereocenters. The number of anilines is 2. The van der Waals surface area contributed by atoms with Gasteiger partial charge >= 0.3 is 0 Å². The molecule has 9 nitrogen and oxygen atoms in total. The Bertz CT molecular complexity index is 1400. The van der Waals surface area contributed by atoms with Crippen molar-refractivity contribution < 1.29 is 22.3 Å². The fourth-order valence-corrected chi connectivity index (χ4v) is 5.26. The molecule has 2 aliphatic rings. The van der Waals surface area contributed by atoms with Crippen molar-refractivity contribution in [3.63, 3.8) is 0 Å². The molecule has 0 radical (unpaired) electrons. The number of nitrogens with one attached hydrogen (secondary N) is 1. The van der Waals surface area contributed by atoms with Crippen LogP contribution in [-0.4, -0.2) is 58.6 Å². The molecular weight excluding hydrogens is 482 g/mol. The van der Waals surface area contributed by atoms with Crippen LogP contribution in [0.2, 0.25) is 0 Å². The van der Waals surface area contributed by atoms with E-state index in [1.54, 1.807) is 31.4 Å². The monoisotopic (exact) mass is 513 g/mol. The second-order valence-corrected chi connectivity index (χ2v) is 11.1. The Labute approximate surface area is 210 Å². The van der Waals surface area contributed by atoms with E-state index in [0.29, 0.717) is 40.1 Å². The molecule has 36 heavy (non-hydrogen) atoms. The molecule has 2 aromatic carbocycles. The van der Waals surface area contributed by atoms with Crippen LogP contribution in [0.3, 0.4) is 0 Å². The Kier molecular flexibility index (Phi) is 7.06. The fourth-order valence-electron chi connectivity index (χ4n) is 4.63. The predicted molar refractivity (Wildman–Crippen MR) is 140 cm³/mol. The summed E-state index contributed by atoms with van der Waals surface area (Å²) in [5, 5.41) is 0.527. The lowest BCUT2D eigenvalue weighted by Gasteiger charge is -2.36. The highest BCUT2D eigenvalue weighted by molar-refractivity contribution is 7.92. The summed E-state index contributed by atoms with van der Waals surface area (Å²) < 4.78 is 42.8. The van der Waals surface area contributed by atoms with Crippen molar-refractivity contribution in [1.29, 1.82) is 0 Å². The molecule has 10 heteroatoms. The van der Waals surface area contributed by atoms with Crippen LogP contribution in [0.25, 0.3) is 11.0 Å².